The van der Waals surface area contributed by atoms with Crippen molar-refractivity contribution in [2.45, 2.75) is 25.3 Å². The summed E-state index contributed by atoms with van der Waals surface area (Å²) >= 11 is 3.37. The van der Waals surface area contributed by atoms with Crippen LogP contribution < -0.4 is 4.90 Å². The quantitative estimate of drug-likeness (QED) is 0.851. The molecule has 19 heavy (non-hydrogen) atoms. The lowest BCUT2D eigenvalue weighted by atomic mass is 9.88. The Balaban J connectivity index is 1.79. The number of hydrogen-bond acceptors (Lipinski definition) is 3. The van der Waals surface area contributed by atoms with Gasteiger partial charge < -0.3 is 4.90 Å². The molecule has 1 heterocycles. The third-order valence-corrected chi connectivity index (χ3v) is 4.20. The third-order valence-electron chi connectivity index (χ3n) is 3.79. The van der Waals surface area contributed by atoms with Crippen LogP contribution in [0.5, 0.6) is 0 Å². The Morgan fingerprint density at radius 1 is 1.16 bits per heavy atom. The number of anilines is 1. The molecule has 1 aromatic heterocycles. The minimum atomic E-state index is 0.482. The molecule has 0 saturated carbocycles. The molecular formula is C15H16BrN3. The molecule has 1 aromatic carbocycles. The van der Waals surface area contributed by atoms with E-state index in [0.717, 1.165) is 29.7 Å². The van der Waals surface area contributed by atoms with Crippen molar-refractivity contribution >= 4 is 21.9 Å². The first-order valence-corrected chi connectivity index (χ1v) is 7.30. The van der Waals surface area contributed by atoms with Crippen molar-refractivity contribution in [3.63, 3.8) is 0 Å². The molecule has 0 bridgehead atoms. The first kappa shape index (κ1) is 12.6. The number of hydrogen-bond donors (Lipinski definition) is 0. The fourth-order valence-corrected chi connectivity index (χ4v) is 2.86. The molecule has 0 amide bonds. The van der Waals surface area contributed by atoms with Crippen LogP contribution in [0.4, 0.5) is 5.95 Å². The zero-order valence-corrected chi connectivity index (χ0v) is 12.5. The van der Waals surface area contributed by atoms with Crippen LogP contribution in [-0.4, -0.2) is 23.1 Å². The Morgan fingerprint density at radius 2 is 1.84 bits per heavy atom. The van der Waals surface area contributed by atoms with Crippen molar-refractivity contribution in [1.29, 1.82) is 0 Å². The van der Waals surface area contributed by atoms with Gasteiger partial charge in [-0.15, -0.1) is 0 Å². The van der Waals surface area contributed by atoms with E-state index in [1.807, 2.05) is 0 Å². The second-order valence-electron chi connectivity index (χ2n) is 4.98. The number of rotatable bonds is 2. The fourth-order valence-electron chi connectivity index (χ4n) is 2.66. The van der Waals surface area contributed by atoms with Crippen molar-refractivity contribution in [2.75, 3.05) is 11.9 Å². The predicted octanol–water partition coefficient (Wildman–Crippen LogP) is 3.23. The monoisotopic (exact) mass is 317 g/mol. The lowest BCUT2D eigenvalue weighted by Crippen LogP contribution is -2.37. The van der Waals surface area contributed by atoms with Crippen LogP contribution >= 0.6 is 15.9 Å². The Labute approximate surface area is 121 Å². The summed E-state index contributed by atoms with van der Waals surface area (Å²) in [5.41, 5.74) is 2.95. The van der Waals surface area contributed by atoms with Crippen molar-refractivity contribution in [3.8, 4) is 0 Å². The molecule has 0 radical (unpaired) electrons. The molecule has 0 fully saturated rings. The van der Waals surface area contributed by atoms with Crippen LogP contribution in [-0.2, 0) is 12.8 Å². The largest absolute Gasteiger partial charge is 0.341 e. The van der Waals surface area contributed by atoms with Crippen molar-refractivity contribution in [3.05, 3.63) is 52.3 Å². The maximum Gasteiger partial charge on any atom is 0.225 e. The van der Waals surface area contributed by atoms with Gasteiger partial charge in [-0.05, 0) is 46.3 Å². The highest BCUT2D eigenvalue weighted by Crippen LogP contribution is 2.25. The summed E-state index contributed by atoms with van der Waals surface area (Å²) in [7, 11) is 2.09. The minimum absolute atomic E-state index is 0.482. The van der Waals surface area contributed by atoms with Crippen LogP contribution in [0.15, 0.2) is 41.1 Å². The predicted molar refractivity (Wildman–Crippen MR) is 80.4 cm³/mol. The van der Waals surface area contributed by atoms with E-state index in [-0.39, 0.29) is 0 Å². The maximum absolute atomic E-state index is 4.38. The highest BCUT2D eigenvalue weighted by Gasteiger charge is 2.23. The Morgan fingerprint density at radius 3 is 2.58 bits per heavy atom. The van der Waals surface area contributed by atoms with Crippen LogP contribution in [0.3, 0.4) is 0 Å². The topological polar surface area (TPSA) is 29.0 Å². The van der Waals surface area contributed by atoms with Gasteiger partial charge in [0.15, 0.2) is 0 Å². The molecule has 0 aliphatic heterocycles. The van der Waals surface area contributed by atoms with Crippen molar-refractivity contribution in [2.24, 2.45) is 0 Å². The maximum atomic E-state index is 4.38. The number of aromatic nitrogens is 2. The molecule has 3 rings (SSSR count). The standard InChI is InChI=1S/C15H16BrN3/c1-19(15-17-9-13(16)10-18-15)14-7-6-11-4-2-3-5-12(11)8-14/h2-5,9-10,14H,6-8H2,1H3. The third kappa shape index (κ3) is 2.63. The summed E-state index contributed by atoms with van der Waals surface area (Å²) in [5.74, 6) is 0.799. The molecule has 2 aromatic rings. The normalized spacial score (nSPS) is 17.9. The number of benzene rings is 1. The molecule has 98 valence electrons. The molecule has 4 heteroatoms. The summed E-state index contributed by atoms with van der Waals surface area (Å²) in [4.78, 5) is 11.0. The van der Waals surface area contributed by atoms with Gasteiger partial charge in [0.1, 0.15) is 0 Å². The second kappa shape index (κ2) is 5.29. The van der Waals surface area contributed by atoms with Crippen LogP contribution in [0.1, 0.15) is 17.5 Å². The highest BCUT2D eigenvalue weighted by atomic mass is 79.9. The minimum Gasteiger partial charge on any atom is -0.341 e. The second-order valence-corrected chi connectivity index (χ2v) is 5.89. The summed E-state index contributed by atoms with van der Waals surface area (Å²) in [6, 6.07) is 9.20. The van der Waals surface area contributed by atoms with Gasteiger partial charge in [-0.1, -0.05) is 24.3 Å². The number of fused-ring (bicyclic) bond motifs is 1. The fraction of sp³-hybridized carbons (Fsp3) is 0.333. The summed E-state index contributed by atoms with van der Waals surface area (Å²) in [6.07, 6.45) is 6.98. The molecule has 0 saturated heterocycles. The highest BCUT2D eigenvalue weighted by molar-refractivity contribution is 9.10. The molecule has 0 spiro atoms. The average molecular weight is 318 g/mol. The molecule has 3 nitrogen and oxygen atoms in total. The van der Waals surface area contributed by atoms with E-state index in [4.69, 9.17) is 0 Å². The number of aryl methyl sites for hydroxylation is 1. The van der Waals surface area contributed by atoms with Crippen molar-refractivity contribution in [1.82, 2.24) is 9.97 Å². The van der Waals surface area contributed by atoms with E-state index in [9.17, 15) is 0 Å². The first-order chi connectivity index (χ1) is 9.24. The molecule has 1 atom stereocenters. The molecule has 1 aliphatic rings. The molecular weight excluding hydrogens is 302 g/mol. The smallest absolute Gasteiger partial charge is 0.225 e. The van der Waals surface area contributed by atoms with Gasteiger partial charge in [-0.3, -0.25) is 0 Å². The molecule has 0 N–H and O–H groups in total. The van der Waals surface area contributed by atoms with Gasteiger partial charge in [-0.25, -0.2) is 9.97 Å². The lowest BCUT2D eigenvalue weighted by molar-refractivity contribution is 0.540. The van der Waals surface area contributed by atoms with Crippen LogP contribution in [0, 0.1) is 0 Å². The van der Waals surface area contributed by atoms with E-state index in [2.05, 4.69) is 62.1 Å². The first-order valence-electron chi connectivity index (χ1n) is 6.51. The van der Waals surface area contributed by atoms with E-state index in [1.54, 1.807) is 12.4 Å². The van der Waals surface area contributed by atoms with E-state index >= 15 is 0 Å². The molecule has 1 unspecified atom stereocenters. The van der Waals surface area contributed by atoms with Crippen LogP contribution in [0.25, 0.3) is 0 Å². The summed E-state index contributed by atoms with van der Waals surface area (Å²) < 4.78 is 0.915. The summed E-state index contributed by atoms with van der Waals surface area (Å²) in [6.45, 7) is 0. The van der Waals surface area contributed by atoms with Gasteiger partial charge in [0.05, 0.1) is 4.47 Å². The summed E-state index contributed by atoms with van der Waals surface area (Å²) in [5, 5.41) is 0. The zero-order valence-electron chi connectivity index (χ0n) is 10.9. The van der Waals surface area contributed by atoms with E-state index in [0.29, 0.717) is 6.04 Å². The Kier molecular flexibility index (Phi) is 3.51. The number of nitrogens with zero attached hydrogens (tertiary/aromatic N) is 3. The number of halogens is 1. The average Bonchev–Trinajstić information content (AvgIpc) is 2.47. The van der Waals surface area contributed by atoms with Gasteiger partial charge >= 0.3 is 0 Å². The van der Waals surface area contributed by atoms with Crippen molar-refractivity contribution < 1.29 is 0 Å². The zero-order chi connectivity index (χ0) is 13.2. The SMILES string of the molecule is CN(c1ncc(Br)cn1)C1CCc2ccccc2C1. The van der Waals surface area contributed by atoms with Gasteiger partial charge in [-0.2, -0.15) is 0 Å². The number of likely N-dealkylation sites (N-methyl/N-ethyl adjacent to an activating group) is 1. The van der Waals surface area contributed by atoms with Gasteiger partial charge in [0.2, 0.25) is 5.95 Å². The van der Waals surface area contributed by atoms with Crippen LogP contribution in [0.2, 0.25) is 0 Å². The van der Waals surface area contributed by atoms with E-state index in [1.165, 1.54) is 11.1 Å². The Hall–Kier alpha value is -1.42. The van der Waals surface area contributed by atoms with Gasteiger partial charge in [0, 0.05) is 25.5 Å². The molecule has 1 aliphatic carbocycles. The van der Waals surface area contributed by atoms with E-state index < -0.39 is 0 Å². The Bertz CT molecular complexity index is 568. The lowest BCUT2D eigenvalue weighted by Gasteiger charge is -2.32. The van der Waals surface area contributed by atoms with Gasteiger partial charge in [0.25, 0.3) is 0 Å².